The Labute approximate surface area is 195 Å². The third kappa shape index (κ3) is 4.39. The van der Waals surface area contributed by atoms with Gasteiger partial charge in [-0.25, -0.2) is 0 Å². The summed E-state index contributed by atoms with van der Waals surface area (Å²) in [7, 11) is 0. The fraction of sp³-hybridized carbons (Fsp3) is 0.444. The van der Waals surface area contributed by atoms with Crippen LogP contribution >= 0.6 is 0 Å². The predicted octanol–water partition coefficient (Wildman–Crippen LogP) is 4.80. The van der Waals surface area contributed by atoms with Crippen LogP contribution in [0.1, 0.15) is 52.0 Å². The summed E-state index contributed by atoms with van der Waals surface area (Å²) in [6.45, 7) is 6.82. The number of amides is 3. The van der Waals surface area contributed by atoms with Crippen molar-refractivity contribution in [3.05, 3.63) is 60.2 Å². The molecular weight excluding hydrogens is 416 g/mol. The first-order valence-electron chi connectivity index (χ1n) is 11.6. The summed E-state index contributed by atoms with van der Waals surface area (Å²) in [6.07, 6.45) is 2.20. The number of rotatable bonds is 8. The molecule has 2 aliphatic rings. The molecule has 2 aromatic rings. The number of anilines is 1. The van der Waals surface area contributed by atoms with E-state index < -0.39 is 5.41 Å². The van der Waals surface area contributed by atoms with Crippen LogP contribution in [-0.4, -0.2) is 29.2 Å². The average molecular weight is 449 g/mol. The second-order valence-electron chi connectivity index (χ2n) is 9.89. The highest BCUT2D eigenvalue weighted by Gasteiger charge is 2.64. The van der Waals surface area contributed by atoms with E-state index in [1.54, 1.807) is 12.1 Å². The number of ether oxygens (including phenoxy) is 1. The highest BCUT2D eigenvalue weighted by Crippen LogP contribution is 2.60. The monoisotopic (exact) mass is 448 g/mol. The van der Waals surface area contributed by atoms with Crippen LogP contribution in [0.2, 0.25) is 0 Å². The molecule has 6 heteroatoms. The van der Waals surface area contributed by atoms with E-state index in [0.29, 0.717) is 25.3 Å². The van der Waals surface area contributed by atoms with E-state index in [0.717, 1.165) is 24.2 Å². The van der Waals surface area contributed by atoms with Crippen LogP contribution in [0.3, 0.4) is 0 Å². The Morgan fingerprint density at radius 2 is 1.76 bits per heavy atom. The lowest BCUT2D eigenvalue weighted by Crippen LogP contribution is -2.59. The highest BCUT2D eigenvalue weighted by molar-refractivity contribution is 6.03. The number of carbonyl (C=O) groups excluding carboxylic acids is 3. The van der Waals surface area contributed by atoms with Crippen LogP contribution < -0.4 is 10.1 Å². The smallest absolute Gasteiger partial charge is 0.235 e. The predicted molar refractivity (Wildman–Crippen MR) is 126 cm³/mol. The van der Waals surface area contributed by atoms with Crippen LogP contribution in [0.5, 0.6) is 5.75 Å². The molecule has 1 aliphatic heterocycles. The van der Waals surface area contributed by atoms with Crippen molar-refractivity contribution >= 4 is 23.4 Å². The molecule has 33 heavy (non-hydrogen) atoms. The first kappa shape index (κ1) is 23.0. The molecule has 6 nitrogen and oxygen atoms in total. The topological polar surface area (TPSA) is 75.7 Å². The zero-order chi connectivity index (χ0) is 23.6. The second kappa shape index (κ2) is 9.00. The Balaban J connectivity index is 1.24. The van der Waals surface area contributed by atoms with Gasteiger partial charge < -0.3 is 10.1 Å². The van der Waals surface area contributed by atoms with Gasteiger partial charge in [0.15, 0.2) is 0 Å². The minimum absolute atomic E-state index is 0.0773. The Morgan fingerprint density at radius 3 is 2.45 bits per heavy atom. The molecule has 4 rings (SSSR count). The van der Waals surface area contributed by atoms with Crippen LogP contribution in [0, 0.1) is 16.7 Å². The van der Waals surface area contributed by atoms with E-state index in [2.05, 4.69) is 5.32 Å². The molecule has 174 valence electrons. The van der Waals surface area contributed by atoms with Crippen LogP contribution in [0.4, 0.5) is 5.69 Å². The highest BCUT2D eigenvalue weighted by atomic mass is 16.5. The summed E-state index contributed by atoms with van der Waals surface area (Å²) in [5.74, 6) is 0.310. The standard InChI is InChI=1S/C27H32N2O4/c1-26(2)22-15-16-27(26,3)25(32)29(24(22)31)17-7-10-23(30)28-20-11-13-21(14-12-20)33-18-19-8-5-4-6-9-19/h4-6,8-9,11-14,22H,7,10,15-18H2,1-3H3,(H,28,30). The molecule has 2 fully saturated rings. The number of carbonyl (C=O) groups is 3. The summed E-state index contributed by atoms with van der Waals surface area (Å²) in [5.41, 5.74) is 0.958. The minimum Gasteiger partial charge on any atom is -0.489 e. The van der Waals surface area contributed by atoms with E-state index in [1.165, 1.54) is 4.90 Å². The van der Waals surface area contributed by atoms with Crippen LogP contribution in [-0.2, 0) is 21.0 Å². The normalized spacial score (nSPS) is 23.5. The first-order chi connectivity index (χ1) is 15.7. The molecule has 1 saturated heterocycles. The molecule has 0 radical (unpaired) electrons. The number of hydrogen-bond acceptors (Lipinski definition) is 4. The van der Waals surface area contributed by atoms with Crippen molar-refractivity contribution in [3.8, 4) is 5.75 Å². The van der Waals surface area contributed by atoms with Gasteiger partial charge in [0.25, 0.3) is 0 Å². The van der Waals surface area contributed by atoms with Crippen LogP contribution in [0.25, 0.3) is 0 Å². The van der Waals surface area contributed by atoms with Gasteiger partial charge in [0.1, 0.15) is 12.4 Å². The van der Waals surface area contributed by atoms with E-state index in [9.17, 15) is 14.4 Å². The molecule has 2 atom stereocenters. The molecule has 1 N–H and O–H groups in total. The summed E-state index contributed by atoms with van der Waals surface area (Å²) in [4.78, 5) is 39.7. The Morgan fingerprint density at radius 1 is 1.06 bits per heavy atom. The molecule has 2 unspecified atom stereocenters. The number of fused-ring (bicyclic) bond motifs is 2. The van der Waals surface area contributed by atoms with Gasteiger partial charge in [0.05, 0.1) is 5.41 Å². The zero-order valence-electron chi connectivity index (χ0n) is 19.6. The van der Waals surface area contributed by atoms with E-state index in [4.69, 9.17) is 4.74 Å². The van der Waals surface area contributed by atoms with Crippen molar-refractivity contribution in [3.63, 3.8) is 0 Å². The van der Waals surface area contributed by atoms with E-state index >= 15 is 0 Å². The number of hydrogen-bond donors (Lipinski definition) is 1. The fourth-order valence-electron chi connectivity index (χ4n) is 5.11. The van der Waals surface area contributed by atoms with Gasteiger partial charge in [0.2, 0.25) is 17.7 Å². The maximum absolute atomic E-state index is 13.1. The van der Waals surface area contributed by atoms with E-state index in [-0.39, 0.29) is 35.5 Å². The Hall–Kier alpha value is -3.15. The van der Waals surface area contributed by atoms with Gasteiger partial charge in [-0.05, 0) is 54.5 Å². The van der Waals surface area contributed by atoms with Crippen molar-refractivity contribution in [2.24, 2.45) is 16.7 Å². The zero-order valence-corrected chi connectivity index (χ0v) is 19.6. The third-order valence-corrected chi connectivity index (χ3v) is 7.68. The lowest BCUT2D eigenvalue weighted by molar-refractivity contribution is -0.168. The molecule has 3 amide bonds. The Bertz CT molecular complexity index is 1030. The van der Waals surface area contributed by atoms with Crippen LogP contribution in [0.15, 0.2) is 54.6 Å². The summed E-state index contributed by atoms with van der Waals surface area (Å²) >= 11 is 0. The molecule has 1 saturated carbocycles. The number of likely N-dealkylation sites (tertiary alicyclic amines) is 1. The van der Waals surface area contributed by atoms with Crippen molar-refractivity contribution < 1.29 is 19.1 Å². The maximum atomic E-state index is 13.1. The van der Waals surface area contributed by atoms with Gasteiger partial charge in [-0.2, -0.15) is 0 Å². The molecular formula is C27H32N2O4. The van der Waals surface area contributed by atoms with Crippen molar-refractivity contribution in [1.82, 2.24) is 4.90 Å². The molecule has 0 aromatic heterocycles. The molecule has 2 aromatic carbocycles. The minimum atomic E-state index is -0.502. The Kier molecular flexibility index (Phi) is 6.28. The fourth-order valence-corrected chi connectivity index (χ4v) is 5.11. The number of benzene rings is 2. The number of imide groups is 1. The number of nitrogens with one attached hydrogen (secondary N) is 1. The second-order valence-corrected chi connectivity index (χ2v) is 9.89. The molecule has 0 spiro atoms. The molecule has 1 heterocycles. The largest absolute Gasteiger partial charge is 0.489 e. The number of piperidine rings is 1. The van der Waals surface area contributed by atoms with Gasteiger partial charge >= 0.3 is 0 Å². The summed E-state index contributed by atoms with van der Waals surface area (Å²) in [5, 5.41) is 2.87. The summed E-state index contributed by atoms with van der Waals surface area (Å²) < 4.78 is 5.77. The first-order valence-corrected chi connectivity index (χ1v) is 11.6. The number of nitrogens with zero attached hydrogens (tertiary/aromatic N) is 1. The summed E-state index contributed by atoms with van der Waals surface area (Å²) in [6, 6.07) is 17.2. The third-order valence-electron chi connectivity index (χ3n) is 7.68. The van der Waals surface area contributed by atoms with Gasteiger partial charge in [0, 0.05) is 24.6 Å². The molecule has 1 aliphatic carbocycles. The van der Waals surface area contributed by atoms with Gasteiger partial charge in [-0.1, -0.05) is 51.1 Å². The SMILES string of the molecule is CC12CCC(C(=O)N(CCCC(=O)Nc3ccc(OCc4ccccc4)cc3)C1=O)C2(C)C. The van der Waals surface area contributed by atoms with Crippen molar-refractivity contribution in [2.75, 3.05) is 11.9 Å². The lowest BCUT2D eigenvalue weighted by atomic mass is 9.62. The van der Waals surface area contributed by atoms with Gasteiger partial charge in [-0.15, -0.1) is 0 Å². The lowest BCUT2D eigenvalue weighted by Gasteiger charge is -2.47. The molecule has 2 bridgehead atoms. The van der Waals surface area contributed by atoms with Gasteiger partial charge in [-0.3, -0.25) is 19.3 Å². The van der Waals surface area contributed by atoms with Crippen molar-refractivity contribution in [2.45, 2.75) is 53.1 Å². The average Bonchev–Trinajstić information content (AvgIpc) is 2.99. The van der Waals surface area contributed by atoms with Crippen molar-refractivity contribution in [1.29, 1.82) is 0 Å². The maximum Gasteiger partial charge on any atom is 0.235 e. The van der Waals surface area contributed by atoms with E-state index in [1.807, 2.05) is 63.2 Å². The quantitative estimate of drug-likeness (QED) is 0.589.